The minimum absolute atomic E-state index is 0.723. The molecule has 0 atom stereocenters. The Morgan fingerprint density at radius 3 is 2.94 bits per heavy atom. The highest BCUT2D eigenvalue weighted by Crippen LogP contribution is 2.25. The summed E-state index contributed by atoms with van der Waals surface area (Å²) in [5, 5.41) is 4.06. The Hall–Kier alpha value is -1.000. The number of imidazole rings is 1. The SMILES string of the molecule is Cc1nccn1CCNc1ccc(Cl)c(Br)c1. The van der Waals surface area contributed by atoms with Gasteiger partial charge in [0.1, 0.15) is 5.82 Å². The Balaban J connectivity index is 1.90. The molecule has 1 aromatic heterocycles. The van der Waals surface area contributed by atoms with Crippen LogP contribution in [-0.2, 0) is 6.54 Å². The van der Waals surface area contributed by atoms with E-state index in [9.17, 15) is 0 Å². The van der Waals surface area contributed by atoms with Gasteiger partial charge in [0, 0.05) is 35.6 Å². The summed E-state index contributed by atoms with van der Waals surface area (Å²) in [5.41, 5.74) is 1.05. The topological polar surface area (TPSA) is 29.9 Å². The third kappa shape index (κ3) is 3.23. The zero-order chi connectivity index (χ0) is 12.3. The van der Waals surface area contributed by atoms with Crippen molar-refractivity contribution in [3.63, 3.8) is 0 Å². The van der Waals surface area contributed by atoms with Crippen LogP contribution >= 0.6 is 27.5 Å². The fraction of sp³-hybridized carbons (Fsp3) is 0.250. The van der Waals surface area contributed by atoms with E-state index in [-0.39, 0.29) is 0 Å². The van der Waals surface area contributed by atoms with Crippen molar-refractivity contribution < 1.29 is 0 Å². The predicted octanol–water partition coefficient (Wildman–Crippen LogP) is 3.72. The van der Waals surface area contributed by atoms with Gasteiger partial charge in [0.15, 0.2) is 0 Å². The molecule has 5 heteroatoms. The lowest BCUT2D eigenvalue weighted by molar-refractivity contribution is 0.701. The highest BCUT2D eigenvalue weighted by molar-refractivity contribution is 9.10. The average Bonchev–Trinajstić information content (AvgIpc) is 2.70. The standard InChI is InChI=1S/C12H13BrClN3/c1-9-15-4-6-17(9)7-5-16-10-2-3-12(14)11(13)8-10/h2-4,6,8,16H,5,7H2,1H3. The van der Waals surface area contributed by atoms with Gasteiger partial charge in [0.2, 0.25) is 0 Å². The van der Waals surface area contributed by atoms with Crippen LogP contribution in [0.25, 0.3) is 0 Å². The molecular weight excluding hydrogens is 302 g/mol. The van der Waals surface area contributed by atoms with Crippen molar-refractivity contribution in [1.82, 2.24) is 9.55 Å². The normalized spacial score (nSPS) is 10.5. The third-order valence-electron chi connectivity index (χ3n) is 2.53. The molecule has 0 fully saturated rings. The van der Waals surface area contributed by atoms with Crippen LogP contribution in [0, 0.1) is 6.92 Å². The molecular formula is C12H13BrClN3. The van der Waals surface area contributed by atoms with E-state index in [1.807, 2.05) is 37.5 Å². The van der Waals surface area contributed by atoms with Crippen LogP contribution in [0.1, 0.15) is 5.82 Å². The van der Waals surface area contributed by atoms with Crippen LogP contribution in [0.15, 0.2) is 35.1 Å². The molecule has 90 valence electrons. The molecule has 0 aliphatic rings. The smallest absolute Gasteiger partial charge is 0.105 e. The fourth-order valence-corrected chi connectivity index (χ4v) is 2.06. The molecule has 0 amide bonds. The fourth-order valence-electron chi connectivity index (χ4n) is 1.57. The van der Waals surface area contributed by atoms with Gasteiger partial charge in [-0.3, -0.25) is 0 Å². The minimum Gasteiger partial charge on any atom is -0.383 e. The first kappa shape index (κ1) is 12.5. The Morgan fingerprint density at radius 1 is 1.47 bits per heavy atom. The summed E-state index contributed by atoms with van der Waals surface area (Å²) < 4.78 is 3.01. The average molecular weight is 315 g/mol. The molecule has 0 aliphatic carbocycles. The molecule has 0 bridgehead atoms. The van der Waals surface area contributed by atoms with E-state index in [2.05, 4.69) is 30.8 Å². The zero-order valence-corrected chi connectivity index (χ0v) is 11.8. The molecule has 0 saturated heterocycles. The van der Waals surface area contributed by atoms with Crippen molar-refractivity contribution in [2.45, 2.75) is 13.5 Å². The number of rotatable bonds is 4. The molecule has 1 N–H and O–H groups in total. The summed E-state index contributed by atoms with van der Waals surface area (Å²) in [6.45, 7) is 3.75. The van der Waals surface area contributed by atoms with E-state index in [0.29, 0.717) is 0 Å². The number of anilines is 1. The van der Waals surface area contributed by atoms with E-state index in [1.54, 1.807) is 0 Å². The highest BCUT2D eigenvalue weighted by atomic mass is 79.9. The third-order valence-corrected chi connectivity index (χ3v) is 3.74. The molecule has 17 heavy (non-hydrogen) atoms. The Kier molecular flexibility index (Phi) is 4.07. The van der Waals surface area contributed by atoms with Gasteiger partial charge < -0.3 is 9.88 Å². The zero-order valence-electron chi connectivity index (χ0n) is 9.45. The van der Waals surface area contributed by atoms with Crippen molar-refractivity contribution >= 4 is 33.2 Å². The first-order valence-corrected chi connectivity index (χ1v) is 6.50. The molecule has 1 heterocycles. The number of hydrogen-bond donors (Lipinski definition) is 1. The van der Waals surface area contributed by atoms with Crippen LogP contribution in [0.3, 0.4) is 0 Å². The van der Waals surface area contributed by atoms with Gasteiger partial charge in [0.25, 0.3) is 0 Å². The number of nitrogens with one attached hydrogen (secondary N) is 1. The van der Waals surface area contributed by atoms with Crippen LogP contribution in [-0.4, -0.2) is 16.1 Å². The second kappa shape index (κ2) is 5.56. The van der Waals surface area contributed by atoms with Gasteiger partial charge in [0.05, 0.1) is 5.02 Å². The Morgan fingerprint density at radius 2 is 2.29 bits per heavy atom. The van der Waals surface area contributed by atoms with Crippen molar-refractivity contribution in [3.05, 3.63) is 45.9 Å². The van der Waals surface area contributed by atoms with Gasteiger partial charge in [-0.05, 0) is 41.1 Å². The minimum atomic E-state index is 0.723. The van der Waals surface area contributed by atoms with Crippen molar-refractivity contribution in [1.29, 1.82) is 0 Å². The number of aromatic nitrogens is 2. The van der Waals surface area contributed by atoms with Crippen molar-refractivity contribution in [2.24, 2.45) is 0 Å². The van der Waals surface area contributed by atoms with E-state index in [0.717, 1.165) is 34.1 Å². The molecule has 0 aliphatic heterocycles. The molecule has 1 aromatic carbocycles. The number of hydrogen-bond acceptors (Lipinski definition) is 2. The molecule has 0 spiro atoms. The van der Waals surface area contributed by atoms with Gasteiger partial charge >= 0.3 is 0 Å². The highest BCUT2D eigenvalue weighted by Gasteiger charge is 1.99. The maximum atomic E-state index is 5.93. The number of nitrogens with zero attached hydrogens (tertiary/aromatic N) is 2. The van der Waals surface area contributed by atoms with E-state index in [4.69, 9.17) is 11.6 Å². The molecule has 2 rings (SSSR count). The van der Waals surface area contributed by atoms with Gasteiger partial charge in [-0.15, -0.1) is 0 Å². The maximum Gasteiger partial charge on any atom is 0.105 e. The maximum absolute atomic E-state index is 5.93. The summed E-state index contributed by atoms with van der Waals surface area (Å²) in [6.07, 6.45) is 3.79. The predicted molar refractivity (Wildman–Crippen MR) is 74.6 cm³/mol. The van der Waals surface area contributed by atoms with E-state index < -0.39 is 0 Å². The molecule has 0 saturated carbocycles. The summed E-state index contributed by atoms with van der Waals surface area (Å²) >= 11 is 9.33. The van der Waals surface area contributed by atoms with Crippen molar-refractivity contribution in [3.8, 4) is 0 Å². The second-order valence-corrected chi connectivity index (χ2v) is 4.99. The first-order valence-electron chi connectivity index (χ1n) is 5.33. The quantitative estimate of drug-likeness (QED) is 0.932. The van der Waals surface area contributed by atoms with Crippen LogP contribution in [0.2, 0.25) is 5.02 Å². The summed E-state index contributed by atoms with van der Waals surface area (Å²) in [7, 11) is 0. The lowest BCUT2D eigenvalue weighted by atomic mass is 10.3. The van der Waals surface area contributed by atoms with Gasteiger partial charge in [-0.1, -0.05) is 11.6 Å². The Bertz CT molecular complexity index is 510. The lowest BCUT2D eigenvalue weighted by Crippen LogP contribution is -2.10. The van der Waals surface area contributed by atoms with Gasteiger partial charge in [-0.2, -0.15) is 0 Å². The van der Waals surface area contributed by atoms with Crippen LogP contribution in [0.4, 0.5) is 5.69 Å². The number of aryl methyl sites for hydroxylation is 1. The molecule has 2 aromatic rings. The van der Waals surface area contributed by atoms with Crippen LogP contribution < -0.4 is 5.32 Å². The second-order valence-electron chi connectivity index (χ2n) is 3.72. The summed E-state index contributed by atoms with van der Waals surface area (Å²) in [6, 6.07) is 5.81. The molecule has 3 nitrogen and oxygen atoms in total. The van der Waals surface area contributed by atoms with Gasteiger partial charge in [-0.25, -0.2) is 4.98 Å². The van der Waals surface area contributed by atoms with Crippen LogP contribution in [0.5, 0.6) is 0 Å². The lowest BCUT2D eigenvalue weighted by Gasteiger charge is -2.09. The van der Waals surface area contributed by atoms with Crippen molar-refractivity contribution in [2.75, 3.05) is 11.9 Å². The molecule has 0 unspecified atom stereocenters. The summed E-state index contributed by atoms with van der Waals surface area (Å²) in [5.74, 6) is 1.03. The molecule has 0 radical (unpaired) electrons. The number of halogens is 2. The summed E-state index contributed by atoms with van der Waals surface area (Å²) in [4.78, 5) is 4.18. The monoisotopic (exact) mass is 313 g/mol. The number of benzene rings is 1. The Labute approximate surface area is 114 Å². The first-order chi connectivity index (χ1) is 8.16. The van der Waals surface area contributed by atoms with E-state index in [1.165, 1.54) is 0 Å². The van der Waals surface area contributed by atoms with E-state index >= 15 is 0 Å². The largest absolute Gasteiger partial charge is 0.383 e.